The molecule has 1 aliphatic rings. The Morgan fingerprint density at radius 2 is 2.00 bits per heavy atom. The van der Waals surface area contributed by atoms with Crippen molar-refractivity contribution in [2.75, 3.05) is 31.1 Å². The average Bonchev–Trinajstić information content (AvgIpc) is 3.28. The fourth-order valence-electron chi connectivity index (χ4n) is 3.55. The Hall–Kier alpha value is -2.55. The number of aryl methyl sites for hydroxylation is 3. The lowest BCUT2D eigenvalue weighted by Gasteiger charge is -2.35. The maximum atomic E-state index is 13.0. The van der Waals surface area contributed by atoms with Crippen LogP contribution in [0, 0.1) is 6.92 Å². The van der Waals surface area contributed by atoms with Crippen LogP contribution < -0.4 is 4.90 Å². The van der Waals surface area contributed by atoms with Gasteiger partial charge in [0, 0.05) is 33.2 Å². The molecule has 8 nitrogen and oxygen atoms in total. The summed E-state index contributed by atoms with van der Waals surface area (Å²) in [4.78, 5) is 31.3. The number of piperazine rings is 1. The zero-order valence-electron chi connectivity index (χ0n) is 16.6. The Morgan fingerprint density at radius 1 is 1.21 bits per heavy atom. The lowest BCUT2D eigenvalue weighted by atomic mass is 10.2. The molecule has 28 heavy (non-hydrogen) atoms. The molecule has 1 amide bonds. The first-order chi connectivity index (χ1) is 13.6. The topological polar surface area (TPSA) is 80.0 Å². The molecule has 3 aromatic heterocycles. The van der Waals surface area contributed by atoms with Gasteiger partial charge in [-0.15, -0.1) is 11.3 Å². The number of unbranched alkanes of at least 4 members (excludes halogenated alkanes) is 1. The Labute approximate surface area is 168 Å². The van der Waals surface area contributed by atoms with Gasteiger partial charge in [0.25, 0.3) is 5.91 Å². The van der Waals surface area contributed by atoms with Crippen molar-refractivity contribution in [1.82, 2.24) is 29.6 Å². The quantitative estimate of drug-likeness (QED) is 0.656. The Kier molecular flexibility index (Phi) is 5.25. The summed E-state index contributed by atoms with van der Waals surface area (Å²) in [6.07, 6.45) is 6.59. The number of carbonyl (C=O) groups excluding carboxylic acids is 1. The van der Waals surface area contributed by atoms with Crippen molar-refractivity contribution < 1.29 is 4.79 Å². The van der Waals surface area contributed by atoms with E-state index in [1.54, 1.807) is 28.5 Å². The highest BCUT2D eigenvalue weighted by Crippen LogP contribution is 2.25. The number of rotatable bonds is 5. The predicted molar refractivity (Wildman–Crippen MR) is 110 cm³/mol. The summed E-state index contributed by atoms with van der Waals surface area (Å²) in [6, 6.07) is 0. The molecule has 1 fully saturated rings. The summed E-state index contributed by atoms with van der Waals surface area (Å²) in [5, 5.41) is 6.30. The van der Waals surface area contributed by atoms with Gasteiger partial charge in [-0.05, 0) is 19.8 Å². The molecular formula is C19H25N7OS. The van der Waals surface area contributed by atoms with E-state index in [4.69, 9.17) is 0 Å². The minimum atomic E-state index is 0.103. The third-order valence-electron chi connectivity index (χ3n) is 5.15. The van der Waals surface area contributed by atoms with Crippen LogP contribution in [0.5, 0.6) is 0 Å². The van der Waals surface area contributed by atoms with Gasteiger partial charge in [0.05, 0.1) is 22.3 Å². The van der Waals surface area contributed by atoms with Crippen molar-refractivity contribution in [1.29, 1.82) is 0 Å². The minimum absolute atomic E-state index is 0.103. The number of anilines is 1. The van der Waals surface area contributed by atoms with Crippen LogP contribution in [0.3, 0.4) is 0 Å². The number of carbonyl (C=O) groups is 1. The fourth-order valence-corrected chi connectivity index (χ4v) is 4.63. The molecule has 0 N–H and O–H groups in total. The summed E-state index contributed by atoms with van der Waals surface area (Å²) < 4.78 is 1.75. The number of hydrogen-bond donors (Lipinski definition) is 0. The standard InChI is InChI=1S/C19H25N7OS/c1-4-5-6-15-23-13(2)16(28-15)19(27)26-9-7-25(8-10-26)18-14-11-22-24(3)17(14)20-12-21-18/h11-12H,4-10H2,1-3H3. The van der Waals surface area contributed by atoms with Gasteiger partial charge in [-0.2, -0.15) is 5.10 Å². The van der Waals surface area contributed by atoms with E-state index in [0.29, 0.717) is 13.1 Å². The molecule has 0 bridgehead atoms. The average molecular weight is 400 g/mol. The highest BCUT2D eigenvalue weighted by molar-refractivity contribution is 7.13. The molecule has 4 heterocycles. The molecule has 0 aromatic carbocycles. The maximum absolute atomic E-state index is 13.0. The molecule has 0 radical (unpaired) electrons. The van der Waals surface area contributed by atoms with Gasteiger partial charge in [-0.25, -0.2) is 15.0 Å². The summed E-state index contributed by atoms with van der Waals surface area (Å²) in [7, 11) is 1.88. The first-order valence-electron chi connectivity index (χ1n) is 9.71. The van der Waals surface area contributed by atoms with Crippen LogP contribution in [0.4, 0.5) is 5.82 Å². The van der Waals surface area contributed by atoms with Crippen LogP contribution in [-0.4, -0.2) is 61.7 Å². The van der Waals surface area contributed by atoms with E-state index >= 15 is 0 Å². The number of amides is 1. The highest BCUT2D eigenvalue weighted by atomic mass is 32.1. The van der Waals surface area contributed by atoms with Crippen LogP contribution in [0.25, 0.3) is 11.0 Å². The van der Waals surface area contributed by atoms with Gasteiger partial charge < -0.3 is 9.80 Å². The zero-order valence-corrected chi connectivity index (χ0v) is 17.4. The predicted octanol–water partition coefficient (Wildman–Crippen LogP) is 2.43. The summed E-state index contributed by atoms with van der Waals surface area (Å²) in [5.41, 5.74) is 1.68. The zero-order chi connectivity index (χ0) is 19.7. The van der Waals surface area contributed by atoms with Gasteiger partial charge in [0.15, 0.2) is 5.65 Å². The minimum Gasteiger partial charge on any atom is -0.352 e. The van der Waals surface area contributed by atoms with Crippen molar-refractivity contribution >= 4 is 34.1 Å². The third kappa shape index (κ3) is 3.46. The molecule has 1 aliphatic heterocycles. The number of thiazole rings is 1. The van der Waals surface area contributed by atoms with Crippen molar-refractivity contribution in [3.63, 3.8) is 0 Å². The maximum Gasteiger partial charge on any atom is 0.265 e. The molecule has 0 saturated carbocycles. The second-order valence-corrected chi connectivity index (χ2v) is 8.19. The van der Waals surface area contributed by atoms with E-state index < -0.39 is 0 Å². The largest absolute Gasteiger partial charge is 0.352 e. The van der Waals surface area contributed by atoms with Crippen LogP contribution in [-0.2, 0) is 13.5 Å². The Balaban J connectivity index is 1.45. The Morgan fingerprint density at radius 3 is 2.75 bits per heavy atom. The van der Waals surface area contributed by atoms with Crippen LogP contribution >= 0.6 is 11.3 Å². The molecule has 0 spiro atoms. The van der Waals surface area contributed by atoms with E-state index in [-0.39, 0.29) is 5.91 Å². The summed E-state index contributed by atoms with van der Waals surface area (Å²) in [6.45, 7) is 6.94. The molecule has 0 atom stereocenters. The van der Waals surface area contributed by atoms with Crippen LogP contribution in [0.2, 0.25) is 0 Å². The van der Waals surface area contributed by atoms with Crippen molar-refractivity contribution in [3.05, 3.63) is 28.1 Å². The van der Waals surface area contributed by atoms with Crippen molar-refractivity contribution in [2.45, 2.75) is 33.1 Å². The van der Waals surface area contributed by atoms with E-state index in [1.165, 1.54) is 0 Å². The van der Waals surface area contributed by atoms with Crippen molar-refractivity contribution in [3.8, 4) is 0 Å². The summed E-state index contributed by atoms with van der Waals surface area (Å²) in [5.74, 6) is 0.993. The second kappa shape index (κ2) is 7.83. The van der Waals surface area contributed by atoms with E-state index in [2.05, 4.69) is 31.9 Å². The first-order valence-corrected chi connectivity index (χ1v) is 10.5. The molecule has 0 aliphatic carbocycles. The van der Waals surface area contributed by atoms with E-state index in [9.17, 15) is 4.79 Å². The molecule has 4 rings (SSSR count). The van der Waals surface area contributed by atoms with Gasteiger partial charge >= 0.3 is 0 Å². The van der Waals surface area contributed by atoms with E-state index in [1.807, 2.05) is 18.9 Å². The van der Waals surface area contributed by atoms with E-state index in [0.717, 1.165) is 64.8 Å². The molecule has 3 aromatic rings. The lowest BCUT2D eigenvalue weighted by Crippen LogP contribution is -2.49. The highest BCUT2D eigenvalue weighted by Gasteiger charge is 2.27. The van der Waals surface area contributed by atoms with Crippen LogP contribution in [0.1, 0.15) is 40.1 Å². The van der Waals surface area contributed by atoms with Gasteiger partial charge in [0.1, 0.15) is 17.0 Å². The van der Waals surface area contributed by atoms with Gasteiger partial charge in [-0.3, -0.25) is 9.48 Å². The molecular weight excluding hydrogens is 374 g/mol. The monoisotopic (exact) mass is 399 g/mol. The molecule has 9 heteroatoms. The van der Waals surface area contributed by atoms with Gasteiger partial charge in [0.2, 0.25) is 0 Å². The molecule has 0 unspecified atom stereocenters. The molecule has 148 valence electrons. The van der Waals surface area contributed by atoms with Crippen molar-refractivity contribution in [2.24, 2.45) is 7.05 Å². The smallest absolute Gasteiger partial charge is 0.265 e. The second-order valence-electron chi connectivity index (χ2n) is 7.11. The SMILES string of the molecule is CCCCc1nc(C)c(C(=O)N2CCN(c3ncnc4c3cnn4C)CC2)s1. The Bertz CT molecular complexity index is 987. The number of hydrogen-bond acceptors (Lipinski definition) is 7. The van der Waals surface area contributed by atoms with Crippen LogP contribution in [0.15, 0.2) is 12.5 Å². The van der Waals surface area contributed by atoms with Gasteiger partial charge in [-0.1, -0.05) is 13.3 Å². The normalized spacial score (nSPS) is 14.8. The molecule has 1 saturated heterocycles. The number of fused-ring (bicyclic) bond motifs is 1. The number of nitrogens with zero attached hydrogens (tertiary/aromatic N) is 7. The first kappa shape index (κ1) is 18.8. The fraction of sp³-hybridized carbons (Fsp3) is 0.526. The third-order valence-corrected chi connectivity index (χ3v) is 6.36. The summed E-state index contributed by atoms with van der Waals surface area (Å²) >= 11 is 1.56. The lowest BCUT2D eigenvalue weighted by molar-refractivity contribution is 0.0750. The number of aromatic nitrogens is 5.